The first kappa shape index (κ1) is 23.3. The second kappa shape index (κ2) is 11.9. The van der Waals surface area contributed by atoms with Crippen molar-refractivity contribution in [1.82, 2.24) is 14.8 Å². The zero-order chi connectivity index (χ0) is 21.1. The number of hydrogen-bond acceptors (Lipinski definition) is 5. The number of rotatable bonds is 6. The Morgan fingerprint density at radius 3 is 2.25 bits per heavy atom. The third-order valence-corrected chi connectivity index (χ3v) is 4.39. The predicted molar refractivity (Wildman–Crippen MR) is 105 cm³/mol. The zero-order valence-corrected chi connectivity index (χ0v) is 16.5. The SMILES string of the molecule is C=C(C)CN(CC)C(=O)C1CCN(Cc2ccccn2)CC1.O=C(O)C(=O)O. The van der Waals surface area contributed by atoms with Crippen LogP contribution in [0, 0.1) is 5.92 Å². The lowest BCUT2D eigenvalue weighted by Gasteiger charge is -2.33. The Kier molecular flexibility index (Phi) is 9.87. The number of pyridine rings is 1. The number of carbonyl (C=O) groups excluding carboxylic acids is 1. The number of carboxylic acids is 2. The number of hydrogen-bond donors (Lipinski definition) is 2. The lowest BCUT2D eigenvalue weighted by molar-refractivity contribution is -0.159. The summed E-state index contributed by atoms with van der Waals surface area (Å²) in [6.45, 7) is 12.2. The average Bonchev–Trinajstić information content (AvgIpc) is 2.67. The van der Waals surface area contributed by atoms with Gasteiger partial charge in [-0.15, -0.1) is 0 Å². The van der Waals surface area contributed by atoms with Gasteiger partial charge in [0.05, 0.1) is 5.69 Å². The highest BCUT2D eigenvalue weighted by Crippen LogP contribution is 2.21. The number of aliphatic carboxylic acids is 2. The minimum Gasteiger partial charge on any atom is -0.473 e. The van der Waals surface area contributed by atoms with Gasteiger partial charge in [0.2, 0.25) is 5.91 Å². The van der Waals surface area contributed by atoms with E-state index in [2.05, 4.69) is 22.5 Å². The van der Waals surface area contributed by atoms with E-state index in [4.69, 9.17) is 19.8 Å². The Bertz CT molecular complexity index is 658. The number of likely N-dealkylation sites (tertiary alicyclic amines) is 1. The standard InChI is InChI=1S/C18H27N3O.C2H2O4/c1-4-21(13-15(2)3)18(22)16-8-11-20(12-9-16)14-17-7-5-6-10-19-17;3-1(4)2(5)6/h5-7,10,16H,2,4,8-9,11-14H2,1,3H3;(H,3,4)(H,5,6). The second-order valence-corrected chi connectivity index (χ2v) is 6.79. The smallest absolute Gasteiger partial charge is 0.414 e. The summed E-state index contributed by atoms with van der Waals surface area (Å²) in [4.78, 5) is 39.5. The molecule has 1 aromatic rings. The van der Waals surface area contributed by atoms with Crippen molar-refractivity contribution in [3.8, 4) is 0 Å². The Morgan fingerprint density at radius 1 is 1.21 bits per heavy atom. The average molecular weight is 391 g/mol. The molecule has 28 heavy (non-hydrogen) atoms. The molecule has 0 spiro atoms. The molecule has 8 nitrogen and oxygen atoms in total. The molecule has 1 aliphatic rings. The Morgan fingerprint density at radius 2 is 1.82 bits per heavy atom. The van der Waals surface area contributed by atoms with Gasteiger partial charge < -0.3 is 15.1 Å². The molecule has 0 atom stereocenters. The van der Waals surface area contributed by atoms with Gasteiger partial charge in [0.15, 0.2) is 0 Å². The minimum absolute atomic E-state index is 0.166. The van der Waals surface area contributed by atoms with E-state index in [1.54, 1.807) is 0 Å². The third kappa shape index (κ3) is 8.30. The molecule has 0 aliphatic carbocycles. The molecule has 0 aromatic carbocycles. The molecule has 2 rings (SSSR count). The lowest BCUT2D eigenvalue weighted by Crippen LogP contribution is -2.42. The first-order valence-corrected chi connectivity index (χ1v) is 9.26. The summed E-state index contributed by atoms with van der Waals surface area (Å²) in [6.07, 6.45) is 3.72. The summed E-state index contributed by atoms with van der Waals surface area (Å²) in [5.74, 6) is -3.19. The number of piperidine rings is 1. The summed E-state index contributed by atoms with van der Waals surface area (Å²) >= 11 is 0. The van der Waals surface area contributed by atoms with E-state index >= 15 is 0 Å². The molecule has 1 aromatic heterocycles. The summed E-state index contributed by atoms with van der Waals surface area (Å²) < 4.78 is 0. The van der Waals surface area contributed by atoms with E-state index in [0.717, 1.165) is 50.3 Å². The van der Waals surface area contributed by atoms with Gasteiger partial charge in [0.25, 0.3) is 0 Å². The molecule has 1 aliphatic heterocycles. The Hall–Kier alpha value is -2.74. The molecule has 1 amide bonds. The summed E-state index contributed by atoms with van der Waals surface area (Å²) in [6, 6.07) is 6.02. The molecule has 154 valence electrons. The van der Waals surface area contributed by atoms with Crippen molar-refractivity contribution >= 4 is 17.8 Å². The summed E-state index contributed by atoms with van der Waals surface area (Å²) in [5.41, 5.74) is 2.15. The van der Waals surface area contributed by atoms with E-state index in [9.17, 15) is 4.79 Å². The van der Waals surface area contributed by atoms with Crippen molar-refractivity contribution in [3.63, 3.8) is 0 Å². The molecule has 2 heterocycles. The molecule has 1 saturated heterocycles. The van der Waals surface area contributed by atoms with Crippen LogP contribution in [0.1, 0.15) is 32.4 Å². The van der Waals surface area contributed by atoms with Crippen LogP contribution in [0.3, 0.4) is 0 Å². The van der Waals surface area contributed by atoms with Gasteiger partial charge in [-0.2, -0.15) is 0 Å². The quantitative estimate of drug-likeness (QED) is 0.562. The first-order valence-electron chi connectivity index (χ1n) is 9.26. The molecular formula is C20H29N3O5. The van der Waals surface area contributed by atoms with Crippen molar-refractivity contribution in [3.05, 3.63) is 42.2 Å². The van der Waals surface area contributed by atoms with Crippen LogP contribution in [-0.2, 0) is 20.9 Å². The van der Waals surface area contributed by atoms with Crippen LogP contribution in [0.15, 0.2) is 36.5 Å². The van der Waals surface area contributed by atoms with Crippen molar-refractivity contribution in [1.29, 1.82) is 0 Å². The highest BCUT2D eigenvalue weighted by molar-refractivity contribution is 6.27. The highest BCUT2D eigenvalue weighted by atomic mass is 16.4. The molecule has 0 bridgehead atoms. The third-order valence-electron chi connectivity index (χ3n) is 4.39. The lowest BCUT2D eigenvalue weighted by atomic mass is 9.95. The van der Waals surface area contributed by atoms with E-state index in [-0.39, 0.29) is 5.92 Å². The van der Waals surface area contributed by atoms with Crippen LogP contribution < -0.4 is 0 Å². The largest absolute Gasteiger partial charge is 0.473 e. The van der Waals surface area contributed by atoms with Gasteiger partial charge in [-0.1, -0.05) is 18.2 Å². The van der Waals surface area contributed by atoms with Gasteiger partial charge in [0, 0.05) is 31.7 Å². The van der Waals surface area contributed by atoms with Gasteiger partial charge in [-0.3, -0.25) is 14.7 Å². The maximum Gasteiger partial charge on any atom is 0.414 e. The molecular weight excluding hydrogens is 362 g/mol. The van der Waals surface area contributed by atoms with E-state index in [1.165, 1.54) is 0 Å². The number of aromatic nitrogens is 1. The fourth-order valence-corrected chi connectivity index (χ4v) is 2.99. The number of nitrogens with zero attached hydrogens (tertiary/aromatic N) is 3. The molecule has 2 N–H and O–H groups in total. The Balaban J connectivity index is 0.000000568. The number of amides is 1. The number of carbonyl (C=O) groups is 3. The van der Waals surface area contributed by atoms with Crippen LogP contribution in [0.2, 0.25) is 0 Å². The fraction of sp³-hybridized carbons (Fsp3) is 0.500. The minimum atomic E-state index is -1.82. The maximum atomic E-state index is 12.6. The molecule has 1 fully saturated rings. The summed E-state index contributed by atoms with van der Waals surface area (Å²) in [7, 11) is 0. The Labute approximate surface area is 165 Å². The molecule has 0 saturated carbocycles. The number of carboxylic acid groups (broad SMARTS) is 2. The van der Waals surface area contributed by atoms with Crippen molar-refractivity contribution in [2.24, 2.45) is 5.92 Å². The van der Waals surface area contributed by atoms with Crippen molar-refractivity contribution in [2.45, 2.75) is 33.2 Å². The van der Waals surface area contributed by atoms with E-state index < -0.39 is 11.9 Å². The van der Waals surface area contributed by atoms with Gasteiger partial charge in [-0.05, 0) is 51.9 Å². The predicted octanol–water partition coefficient (Wildman–Crippen LogP) is 1.87. The van der Waals surface area contributed by atoms with Crippen LogP contribution >= 0.6 is 0 Å². The second-order valence-electron chi connectivity index (χ2n) is 6.79. The normalized spacial score (nSPS) is 14.5. The maximum absolute atomic E-state index is 12.6. The highest BCUT2D eigenvalue weighted by Gasteiger charge is 2.28. The topological polar surface area (TPSA) is 111 Å². The zero-order valence-electron chi connectivity index (χ0n) is 16.5. The van der Waals surface area contributed by atoms with Crippen LogP contribution in [0.25, 0.3) is 0 Å². The monoisotopic (exact) mass is 391 g/mol. The fourth-order valence-electron chi connectivity index (χ4n) is 2.99. The molecule has 0 unspecified atom stereocenters. The molecule has 8 heteroatoms. The first-order chi connectivity index (χ1) is 13.2. The van der Waals surface area contributed by atoms with Gasteiger partial charge in [-0.25, -0.2) is 9.59 Å². The van der Waals surface area contributed by atoms with Crippen LogP contribution in [0.4, 0.5) is 0 Å². The van der Waals surface area contributed by atoms with Crippen molar-refractivity contribution < 1.29 is 24.6 Å². The van der Waals surface area contributed by atoms with E-state index in [1.807, 2.05) is 37.1 Å². The van der Waals surface area contributed by atoms with Gasteiger partial charge >= 0.3 is 11.9 Å². The molecule has 0 radical (unpaired) electrons. The van der Waals surface area contributed by atoms with Crippen LogP contribution in [0.5, 0.6) is 0 Å². The number of likely N-dealkylation sites (N-methyl/N-ethyl adjacent to an activating group) is 1. The summed E-state index contributed by atoms with van der Waals surface area (Å²) in [5, 5.41) is 14.8. The van der Waals surface area contributed by atoms with Crippen molar-refractivity contribution in [2.75, 3.05) is 26.2 Å². The van der Waals surface area contributed by atoms with E-state index in [0.29, 0.717) is 12.5 Å². The van der Waals surface area contributed by atoms with Gasteiger partial charge in [0.1, 0.15) is 0 Å². The van der Waals surface area contributed by atoms with Crippen LogP contribution in [-0.4, -0.2) is 69.0 Å².